The molecule has 42 heavy (non-hydrogen) atoms. The van der Waals surface area contributed by atoms with Crippen LogP contribution in [0.4, 0.5) is 0 Å². The second-order valence-corrected chi connectivity index (χ2v) is 22.6. The zero-order chi connectivity index (χ0) is 31.0. The molecule has 2 aromatic rings. The average molecular weight is 699 g/mol. The summed E-state index contributed by atoms with van der Waals surface area (Å²) in [6.45, 7) is 25.1. The van der Waals surface area contributed by atoms with Crippen molar-refractivity contribution in [1.82, 2.24) is 4.98 Å². The molecule has 6 heteroatoms. The Bertz CT molecular complexity index is 1400. The molecule has 0 bridgehead atoms. The van der Waals surface area contributed by atoms with E-state index in [9.17, 15) is 5.26 Å². The van der Waals surface area contributed by atoms with Crippen LogP contribution in [0.25, 0.3) is 0 Å². The summed E-state index contributed by atoms with van der Waals surface area (Å²) in [4.78, 5) is 5.56. The Hall–Kier alpha value is -1.27. The number of halogens is 1. The summed E-state index contributed by atoms with van der Waals surface area (Å²) in [5, 5.41) is 9.86. The van der Waals surface area contributed by atoms with Gasteiger partial charge in [-0.1, -0.05) is 95.3 Å². The van der Waals surface area contributed by atoms with Crippen LogP contribution in [-0.2, 0) is 26.6 Å². The highest BCUT2D eigenvalue weighted by atomic mass is 127. The van der Waals surface area contributed by atoms with Gasteiger partial charge in [0, 0.05) is 32.0 Å². The third-order valence-corrected chi connectivity index (χ3v) is 16.7. The van der Waals surface area contributed by atoms with Crippen LogP contribution >= 0.6 is 22.6 Å². The van der Waals surface area contributed by atoms with Gasteiger partial charge in [-0.25, -0.2) is 0 Å². The molecule has 1 fully saturated rings. The Kier molecular flexibility index (Phi) is 8.16. The van der Waals surface area contributed by atoms with Crippen molar-refractivity contribution in [2.75, 3.05) is 0 Å². The van der Waals surface area contributed by atoms with E-state index < -0.39 is 13.7 Å². The highest BCUT2D eigenvalue weighted by Crippen LogP contribution is 2.62. The van der Waals surface area contributed by atoms with Gasteiger partial charge < -0.3 is 9.16 Å². The van der Waals surface area contributed by atoms with E-state index in [1.807, 2.05) is 13.8 Å². The monoisotopic (exact) mass is 698 g/mol. The van der Waals surface area contributed by atoms with Crippen LogP contribution in [0.5, 0.6) is 0 Å². The van der Waals surface area contributed by atoms with E-state index in [-0.39, 0.29) is 34.2 Å². The van der Waals surface area contributed by atoms with Crippen LogP contribution in [0.2, 0.25) is 18.1 Å². The molecule has 1 saturated carbocycles. The van der Waals surface area contributed by atoms with Gasteiger partial charge in [-0.05, 0) is 86.5 Å². The first-order valence-electron chi connectivity index (χ1n) is 15.9. The first kappa shape index (κ1) is 32.1. The predicted molar refractivity (Wildman–Crippen MR) is 183 cm³/mol. The number of nitriles is 1. The summed E-state index contributed by atoms with van der Waals surface area (Å²) in [5.41, 5.74) is 7.93. The average Bonchev–Trinajstić information content (AvgIpc) is 3.42. The fourth-order valence-corrected chi connectivity index (χ4v) is 9.61. The Labute approximate surface area is 269 Å². The third-order valence-electron chi connectivity index (χ3n) is 10.6. The number of rotatable bonds is 5. The standard InChI is InChI=1S/C36H51IN2O2Si/c1-22(2)31-29-30(28-25(39-31)19-34(6,7)20-26(28)41-42(10,11)33(3,4)5)36(18-12-13-27(36)37)40-32(29)23-14-16-24(17-15-23)35(8,9)21-38/h14-17,22,26-27,32H,12-13,18-20H2,1-11H3/t26?,27?,32-,36?/m0/s1. The number of pyridine rings is 1. The summed E-state index contributed by atoms with van der Waals surface area (Å²) in [6, 6.07) is 11.1. The van der Waals surface area contributed by atoms with E-state index in [2.05, 4.69) is 114 Å². The number of benzene rings is 1. The minimum absolute atomic E-state index is 0.0225. The molecule has 3 unspecified atom stereocenters. The molecule has 0 amide bonds. The molecule has 1 aromatic heterocycles. The number of fused-ring (bicyclic) bond motifs is 4. The SMILES string of the molecule is CC(C)c1nc2c(c3c1[C@H](c1ccc(C(C)(C)C#N)cc1)OC31CCCC1I)C(O[Si](C)(C)C(C)(C)C)CC(C)(C)C2. The minimum atomic E-state index is -2.07. The van der Waals surface area contributed by atoms with Gasteiger partial charge in [0.15, 0.2) is 8.32 Å². The molecule has 0 N–H and O–H groups in total. The van der Waals surface area contributed by atoms with Gasteiger partial charge in [0.05, 0.1) is 17.6 Å². The first-order valence-corrected chi connectivity index (χ1v) is 20.1. The Balaban J connectivity index is 1.77. The topological polar surface area (TPSA) is 55.1 Å². The van der Waals surface area contributed by atoms with Gasteiger partial charge in [0.2, 0.25) is 0 Å². The maximum atomic E-state index is 9.74. The van der Waals surface area contributed by atoms with Crippen molar-refractivity contribution in [1.29, 1.82) is 5.26 Å². The van der Waals surface area contributed by atoms with Crippen molar-refractivity contribution < 1.29 is 9.16 Å². The minimum Gasteiger partial charge on any atom is -0.410 e. The van der Waals surface area contributed by atoms with Gasteiger partial charge in [0.1, 0.15) is 11.7 Å². The summed E-state index contributed by atoms with van der Waals surface area (Å²) < 4.78 is 15.2. The van der Waals surface area contributed by atoms with Crippen LogP contribution < -0.4 is 0 Å². The summed E-state index contributed by atoms with van der Waals surface area (Å²) in [7, 11) is -2.07. The number of hydrogen-bond acceptors (Lipinski definition) is 4. The third kappa shape index (κ3) is 5.33. The predicted octanol–water partition coefficient (Wildman–Crippen LogP) is 10.3. The van der Waals surface area contributed by atoms with Gasteiger partial charge in [-0.3, -0.25) is 4.98 Å². The molecule has 4 atom stereocenters. The molecule has 1 aliphatic heterocycles. The molecule has 0 radical (unpaired) electrons. The van der Waals surface area contributed by atoms with Gasteiger partial charge in [-0.15, -0.1) is 0 Å². The van der Waals surface area contributed by atoms with Crippen molar-refractivity contribution in [3.8, 4) is 6.07 Å². The summed E-state index contributed by atoms with van der Waals surface area (Å²) in [5.74, 6) is 0.279. The van der Waals surface area contributed by atoms with Crippen LogP contribution in [-0.4, -0.2) is 17.2 Å². The van der Waals surface area contributed by atoms with Crippen LogP contribution in [0.1, 0.15) is 145 Å². The van der Waals surface area contributed by atoms with Crippen LogP contribution in [0.3, 0.4) is 0 Å². The summed E-state index contributed by atoms with van der Waals surface area (Å²) >= 11 is 2.68. The van der Waals surface area contributed by atoms with Crippen molar-refractivity contribution in [2.45, 2.75) is 146 Å². The second-order valence-electron chi connectivity index (χ2n) is 16.3. The highest BCUT2D eigenvalue weighted by Gasteiger charge is 2.57. The van der Waals surface area contributed by atoms with Crippen LogP contribution in [0, 0.1) is 16.7 Å². The van der Waals surface area contributed by atoms with E-state index in [0.717, 1.165) is 36.8 Å². The fraction of sp³-hybridized carbons (Fsp3) is 0.667. The maximum Gasteiger partial charge on any atom is 0.192 e. The normalized spacial score (nSPS) is 27.3. The molecule has 3 aliphatic rings. The molecule has 2 heterocycles. The first-order chi connectivity index (χ1) is 19.3. The highest BCUT2D eigenvalue weighted by molar-refractivity contribution is 14.1. The lowest BCUT2D eigenvalue weighted by Crippen LogP contribution is -2.44. The Morgan fingerprint density at radius 2 is 1.74 bits per heavy atom. The van der Waals surface area contributed by atoms with Gasteiger partial charge in [0.25, 0.3) is 0 Å². The number of ether oxygens (including phenoxy) is 1. The lowest BCUT2D eigenvalue weighted by molar-refractivity contribution is -0.0514. The molecular formula is C36H51IN2O2Si. The zero-order valence-corrected chi connectivity index (χ0v) is 30.9. The van der Waals surface area contributed by atoms with Crippen molar-refractivity contribution >= 4 is 30.9 Å². The molecule has 2 aliphatic carbocycles. The van der Waals surface area contributed by atoms with Gasteiger partial charge in [-0.2, -0.15) is 5.26 Å². The molecule has 5 rings (SSSR count). The van der Waals surface area contributed by atoms with Crippen molar-refractivity contribution in [2.24, 2.45) is 5.41 Å². The molecule has 1 spiro atoms. The van der Waals surface area contributed by atoms with Gasteiger partial charge >= 0.3 is 0 Å². The van der Waals surface area contributed by atoms with E-state index in [1.54, 1.807) is 0 Å². The zero-order valence-electron chi connectivity index (χ0n) is 27.7. The van der Waals surface area contributed by atoms with Crippen LogP contribution in [0.15, 0.2) is 24.3 Å². The summed E-state index contributed by atoms with van der Waals surface area (Å²) in [6.07, 6.45) is 5.19. The quantitative estimate of drug-likeness (QED) is 0.177. The molecule has 228 valence electrons. The van der Waals surface area contributed by atoms with Crippen molar-refractivity contribution in [3.05, 3.63) is 63.5 Å². The molecule has 1 aromatic carbocycles. The smallest absolute Gasteiger partial charge is 0.192 e. The van der Waals surface area contributed by atoms with E-state index in [0.29, 0.717) is 3.92 Å². The fourth-order valence-electron chi connectivity index (χ4n) is 7.14. The maximum absolute atomic E-state index is 9.74. The van der Waals surface area contributed by atoms with E-state index >= 15 is 0 Å². The number of nitrogens with zero attached hydrogens (tertiary/aromatic N) is 2. The Morgan fingerprint density at radius 1 is 1.10 bits per heavy atom. The molecular weight excluding hydrogens is 647 g/mol. The number of alkyl halides is 1. The molecule has 4 nitrogen and oxygen atoms in total. The molecule has 0 saturated heterocycles. The number of aromatic nitrogens is 1. The second kappa shape index (κ2) is 10.7. The van der Waals surface area contributed by atoms with E-state index in [1.165, 1.54) is 34.5 Å². The Morgan fingerprint density at radius 3 is 2.26 bits per heavy atom. The largest absolute Gasteiger partial charge is 0.410 e. The lowest BCUT2D eigenvalue weighted by atomic mass is 9.70. The van der Waals surface area contributed by atoms with E-state index in [4.69, 9.17) is 14.1 Å². The lowest BCUT2D eigenvalue weighted by Gasteiger charge is -2.45. The number of hydrogen-bond donors (Lipinski definition) is 0. The van der Waals surface area contributed by atoms with Crippen molar-refractivity contribution in [3.63, 3.8) is 0 Å².